The van der Waals surface area contributed by atoms with Gasteiger partial charge in [0.25, 0.3) is 0 Å². The van der Waals surface area contributed by atoms with Crippen LogP contribution in [0.2, 0.25) is 0 Å². The first kappa shape index (κ1) is 24.3. The third-order valence-corrected chi connectivity index (χ3v) is 7.66. The van der Waals surface area contributed by atoms with E-state index in [9.17, 15) is 9.59 Å². The average molecular weight is 464 g/mol. The summed E-state index contributed by atoms with van der Waals surface area (Å²) in [6, 6.07) is 9.77. The molecule has 2 atom stereocenters. The Morgan fingerprint density at radius 3 is 2.62 bits per heavy atom. The molecular formula is C27H37N5O2. The lowest BCUT2D eigenvalue weighted by Gasteiger charge is -2.47. The molecule has 182 valence electrons. The number of nitrogens with one attached hydrogen (secondary N) is 1. The Kier molecular flexibility index (Phi) is 7.61. The second-order valence-corrected chi connectivity index (χ2v) is 10.0. The van der Waals surface area contributed by atoms with Crippen molar-refractivity contribution in [2.45, 2.75) is 50.4 Å². The minimum Gasteiger partial charge on any atom is -0.358 e. The largest absolute Gasteiger partial charge is 0.358 e. The highest BCUT2D eigenvalue weighted by atomic mass is 16.2. The number of nitrogens with zero attached hydrogens (tertiary/aromatic N) is 4. The zero-order chi connectivity index (χ0) is 24.0. The van der Waals surface area contributed by atoms with Crippen LogP contribution in [0.5, 0.6) is 0 Å². The van der Waals surface area contributed by atoms with Gasteiger partial charge in [0.2, 0.25) is 11.8 Å². The molecule has 0 radical (unpaired) electrons. The quantitative estimate of drug-likeness (QED) is 0.683. The Balaban J connectivity index is 1.57. The molecular weight excluding hydrogens is 426 g/mol. The van der Waals surface area contributed by atoms with Crippen LogP contribution >= 0.6 is 0 Å². The predicted octanol–water partition coefficient (Wildman–Crippen LogP) is 2.82. The van der Waals surface area contributed by atoms with Gasteiger partial charge in [0.05, 0.1) is 11.1 Å². The molecule has 0 spiro atoms. The fourth-order valence-electron chi connectivity index (χ4n) is 5.98. The van der Waals surface area contributed by atoms with Crippen molar-refractivity contribution in [1.82, 2.24) is 25.1 Å². The highest BCUT2D eigenvalue weighted by Crippen LogP contribution is 2.40. The minimum atomic E-state index is -0.804. The van der Waals surface area contributed by atoms with Crippen molar-refractivity contribution in [2.75, 3.05) is 40.3 Å². The molecule has 2 aromatic heterocycles. The van der Waals surface area contributed by atoms with Crippen molar-refractivity contribution in [3.05, 3.63) is 60.2 Å². The van der Waals surface area contributed by atoms with E-state index in [2.05, 4.69) is 33.3 Å². The smallest absolute Gasteiger partial charge is 0.233 e. The normalized spacial score (nSPS) is 25.6. The van der Waals surface area contributed by atoms with E-state index in [0.717, 1.165) is 57.3 Å². The van der Waals surface area contributed by atoms with Crippen molar-refractivity contribution in [3.8, 4) is 0 Å². The molecule has 0 bridgehead atoms. The molecule has 0 aromatic carbocycles. The number of rotatable bonds is 7. The average Bonchev–Trinajstić information content (AvgIpc) is 2.89. The van der Waals surface area contributed by atoms with Gasteiger partial charge in [-0.25, -0.2) is 0 Å². The summed E-state index contributed by atoms with van der Waals surface area (Å²) in [6.07, 6.45) is 11.5. The standard InChI is InChI=1S/C27H37N5O2/c1-28-24(33)27(23-11-3-4-16-30-23)14-8-18-32(21-27)25(34)26(13-7-17-31(2)20-26)12-5-9-22-10-6-15-29-19-22/h3-4,6,10-11,15-16,19H,5,7-9,12-14,17-18,20-21H2,1-2H3,(H,28,33)/t26-,27+/m0/s1. The van der Waals surface area contributed by atoms with Crippen LogP contribution in [-0.4, -0.2) is 71.9 Å². The number of carbonyl (C=O) groups is 2. The second-order valence-electron chi connectivity index (χ2n) is 10.0. The lowest BCUT2D eigenvalue weighted by molar-refractivity contribution is -0.150. The van der Waals surface area contributed by atoms with Crippen LogP contribution in [0.25, 0.3) is 0 Å². The van der Waals surface area contributed by atoms with Crippen molar-refractivity contribution >= 4 is 11.8 Å². The molecule has 0 aliphatic carbocycles. The maximum atomic E-state index is 14.2. The fourth-order valence-corrected chi connectivity index (χ4v) is 5.98. The van der Waals surface area contributed by atoms with Gasteiger partial charge in [0.1, 0.15) is 5.41 Å². The SMILES string of the molecule is CNC(=O)[C@]1(c2ccccn2)CCCN(C(=O)[C@@]2(CCCc3cccnc3)CCCN(C)C2)C1. The summed E-state index contributed by atoms with van der Waals surface area (Å²) >= 11 is 0. The highest BCUT2D eigenvalue weighted by Gasteiger charge is 2.50. The summed E-state index contributed by atoms with van der Waals surface area (Å²) in [5, 5.41) is 2.85. The summed E-state index contributed by atoms with van der Waals surface area (Å²) < 4.78 is 0. The van der Waals surface area contributed by atoms with Crippen molar-refractivity contribution in [3.63, 3.8) is 0 Å². The van der Waals surface area contributed by atoms with Crippen molar-refractivity contribution < 1.29 is 9.59 Å². The zero-order valence-corrected chi connectivity index (χ0v) is 20.5. The molecule has 2 saturated heterocycles. The van der Waals surface area contributed by atoms with E-state index in [1.807, 2.05) is 35.4 Å². The van der Waals surface area contributed by atoms with E-state index in [0.29, 0.717) is 19.5 Å². The summed E-state index contributed by atoms with van der Waals surface area (Å²) in [5.41, 5.74) is 0.742. The van der Waals surface area contributed by atoms with Crippen LogP contribution in [-0.2, 0) is 21.4 Å². The monoisotopic (exact) mass is 463 g/mol. The van der Waals surface area contributed by atoms with E-state index >= 15 is 0 Å². The van der Waals surface area contributed by atoms with Gasteiger partial charge in [-0.1, -0.05) is 12.1 Å². The van der Waals surface area contributed by atoms with E-state index in [1.54, 1.807) is 19.4 Å². The van der Waals surface area contributed by atoms with Gasteiger partial charge < -0.3 is 15.1 Å². The molecule has 1 N–H and O–H groups in total. The predicted molar refractivity (Wildman–Crippen MR) is 132 cm³/mol. The third kappa shape index (κ3) is 4.99. The van der Waals surface area contributed by atoms with Gasteiger partial charge in [-0.2, -0.15) is 0 Å². The van der Waals surface area contributed by atoms with Gasteiger partial charge in [-0.05, 0) is 82.3 Å². The topological polar surface area (TPSA) is 78.4 Å². The van der Waals surface area contributed by atoms with Crippen LogP contribution in [0.4, 0.5) is 0 Å². The Morgan fingerprint density at radius 2 is 1.91 bits per heavy atom. The first-order valence-electron chi connectivity index (χ1n) is 12.5. The van der Waals surface area contributed by atoms with Gasteiger partial charge >= 0.3 is 0 Å². The molecule has 4 heterocycles. The summed E-state index contributed by atoms with van der Waals surface area (Å²) in [5.74, 6) is 0.143. The molecule has 34 heavy (non-hydrogen) atoms. The number of likely N-dealkylation sites (N-methyl/N-ethyl adjacent to an activating group) is 1. The molecule has 2 fully saturated rings. The lowest BCUT2D eigenvalue weighted by atomic mass is 9.71. The number of pyridine rings is 2. The number of hydrogen-bond acceptors (Lipinski definition) is 5. The molecule has 0 saturated carbocycles. The van der Waals surface area contributed by atoms with E-state index in [-0.39, 0.29) is 11.8 Å². The summed E-state index contributed by atoms with van der Waals surface area (Å²) in [4.78, 5) is 40.5. The maximum absolute atomic E-state index is 14.2. The lowest BCUT2D eigenvalue weighted by Crippen LogP contribution is -2.60. The second kappa shape index (κ2) is 10.6. The van der Waals surface area contributed by atoms with Gasteiger partial charge in [-0.3, -0.25) is 19.6 Å². The maximum Gasteiger partial charge on any atom is 0.233 e. The van der Waals surface area contributed by atoms with Crippen LogP contribution < -0.4 is 5.32 Å². The molecule has 2 aliphatic rings. The number of amides is 2. The summed E-state index contributed by atoms with van der Waals surface area (Å²) in [6.45, 7) is 2.87. The Morgan fingerprint density at radius 1 is 1.06 bits per heavy atom. The van der Waals surface area contributed by atoms with E-state index in [1.165, 1.54) is 5.56 Å². The number of aromatic nitrogens is 2. The Hall–Kier alpha value is -2.80. The van der Waals surface area contributed by atoms with Gasteiger partial charge in [0, 0.05) is 45.3 Å². The molecule has 0 unspecified atom stereocenters. The summed E-state index contributed by atoms with van der Waals surface area (Å²) in [7, 11) is 3.78. The van der Waals surface area contributed by atoms with Crippen LogP contribution in [0, 0.1) is 5.41 Å². The zero-order valence-electron chi connectivity index (χ0n) is 20.5. The third-order valence-electron chi connectivity index (χ3n) is 7.66. The van der Waals surface area contributed by atoms with Gasteiger partial charge in [0.15, 0.2) is 0 Å². The van der Waals surface area contributed by atoms with Crippen molar-refractivity contribution in [2.24, 2.45) is 5.41 Å². The van der Waals surface area contributed by atoms with Gasteiger partial charge in [-0.15, -0.1) is 0 Å². The molecule has 2 aliphatic heterocycles. The number of hydrogen-bond donors (Lipinski definition) is 1. The van der Waals surface area contributed by atoms with E-state index in [4.69, 9.17) is 0 Å². The van der Waals surface area contributed by atoms with Crippen LogP contribution in [0.1, 0.15) is 49.8 Å². The highest BCUT2D eigenvalue weighted by molar-refractivity contribution is 5.90. The Bertz CT molecular complexity index is 970. The molecule has 4 rings (SSSR count). The molecule has 2 amide bonds. The minimum absolute atomic E-state index is 0.0601. The number of aryl methyl sites for hydroxylation is 1. The molecule has 7 nitrogen and oxygen atoms in total. The van der Waals surface area contributed by atoms with Crippen LogP contribution in [0.3, 0.4) is 0 Å². The van der Waals surface area contributed by atoms with Crippen molar-refractivity contribution in [1.29, 1.82) is 0 Å². The van der Waals surface area contributed by atoms with Crippen LogP contribution in [0.15, 0.2) is 48.9 Å². The molecule has 2 aromatic rings. The number of piperidine rings is 2. The fraction of sp³-hybridized carbons (Fsp3) is 0.556. The number of likely N-dealkylation sites (tertiary alicyclic amines) is 2. The van der Waals surface area contributed by atoms with E-state index < -0.39 is 10.8 Å². The number of carbonyl (C=O) groups excluding carboxylic acids is 2. The first-order chi connectivity index (χ1) is 16.5. The first-order valence-corrected chi connectivity index (χ1v) is 12.5. The molecule has 7 heteroatoms. The Labute approximate surface area is 203 Å².